The van der Waals surface area contributed by atoms with E-state index >= 15 is 0 Å². The Morgan fingerprint density at radius 2 is 1.84 bits per heavy atom. The highest BCUT2D eigenvalue weighted by molar-refractivity contribution is 5.94. The van der Waals surface area contributed by atoms with Gasteiger partial charge in [0.1, 0.15) is 5.82 Å². The molecule has 0 aromatic heterocycles. The largest absolute Gasteiger partial charge is 0.352 e. The zero-order chi connectivity index (χ0) is 17.8. The van der Waals surface area contributed by atoms with Crippen molar-refractivity contribution in [2.45, 2.75) is 32.0 Å². The lowest BCUT2D eigenvalue weighted by Crippen LogP contribution is -2.32. The molecule has 2 aromatic carbocycles. The maximum absolute atomic E-state index is 13.4. The molecule has 0 saturated heterocycles. The Labute approximate surface area is 145 Å². The van der Waals surface area contributed by atoms with E-state index in [1.807, 2.05) is 6.07 Å². The van der Waals surface area contributed by atoms with Crippen molar-refractivity contribution in [3.63, 3.8) is 0 Å². The number of carbonyl (C=O) groups is 2. The number of nitrogens with two attached hydrogens (primary N) is 1. The van der Waals surface area contributed by atoms with Gasteiger partial charge in [0.2, 0.25) is 0 Å². The lowest BCUT2D eigenvalue weighted by atomic mass is 10.1. The Balaban J connectivity index is 1.71. The molecule has 0 atom stereocenters. The molecule has 25 heavy (non-hydrogen) atoms. The number of benzene rings is 2. The predicted molar refractivity (Wildman–Crippen MR) is 92.2 cm³/mol. The maximum Gasteiger partial charge on any atom is 0.312 e. The van der Waals surface area contributed by atoms with Crippen molar-refractivity contribution in [3.05, 3.63) is 71.0 Å². The van der Waals surface area contributed by atoms with Gasteiger partial charge in [0.15, 0.2) is 0 Å². The number of urea groups is 1. The standard InChI is InChI=1S/C19H20FN3O2/c20-16-3-1-2-14(10-16)12-23(17-8-9-17)18(24)15-6-4-13(5-7-15)11-22-19(21)25/h1-7,10,17H,8-9,11-12H2,(H3,21,22,25). The molecule has 5 nitrogen and oxygen atoms in total. The van der Waals surface area contributed by atoms with Crippen LogP contribution in [0.25, 0.3) is 0 Å². The third-order valence-corrected chi connectivity index (χ3v) is 4.16. The summed E-state index contributed by atoms with van der Waals surface area (Å²) in [4.78, 5) is 25.4. The molecule has 0 spiro atoms. The van der Waals surface area contributed by atoms with E-state index in [4.69, 9.17) is 5.73 Å². The van der Waals surface area contributed by atoms with Crippen molar-refractivity contribution in [3.8, 4) is 0 Å². The summed E-state index contributed by atoms with van der Waals surface area (Å²) in [5, 5.41) is 2.51. The van der Waals surface area contributed by atoms with Gasteiger partial charge in [-0.25, -0.2) is 9.18 Å². The third kappa shape index (κ3) is 4.56. The van der Waals surface area contributed by atoms with Gasteiger partial charge in [-0.3, -0.25) is 4.79 Å². The smallest absolute Gasteiger partial charge is 0.312 e. The Kier molecular flexibility index (Phi) is 4.97. The summed E-state index contributed by atoms with van der Waals surface area (Å²) >= 11 is 0. The number of rotatable bonds is 6. The summed E-state index contributed by atoms with van der Waals surface area (Å²) < 4.78 is 13.4. The number of hydrogen-bond donors (Lipinski definition) is 2. The van der Waals surface area contributed by atoms with Gasteiger partial charge < -0.3 is 16.0 Å². The molecule has 1 saturated carbocycles. The molecule has 1 aliphatic carbocycles. The SMILES string of the molecule is NC(=O)NCc1ccc(C(=O)N(Cc2cccc(F)c2)C2CC2)cc1. The van der Waals surface area contributed by atoms with Crippen LogP contribution < -0.4 is 11.1 Å². The molecule has 1 aliphatic rings. The van der Waals surface area contributed by atoms with E-state index in [0.29, 0.717) is 18.7 Å². The average Bonchev–Trinajstić information content (AvgIpc) is 3.43. The fraction of sp³-hybridized carbons (Fsp3) is 0.263. The van der Waals surface area contributed by atoms with Gasteiger partial charge in [-0.1, -0.05) is 24.3 Å². The average molecular weight is 341 g/mol. The Morgan fingerprint density at radius 1 is 1.12 bits per heavy atom. The van der Waals surface area contributed by atoms with Gasteiger partial charge in [-0.2, -0.15) is 0 Å². The first-order chi connectivity index (χ1) is 12.0. The molecule has 0 radical (unpaired) electrons. The number of amides is 3. The molecule has 3 rings (SSSR count). The number of hydrogen-bond acceptors (Lipinski definition) is 2. The molecule has 0 aliphatic heterocycles. The van der Waals surface area contributed by atoms with Crippen LogP contribution in [0.5, 0.6) is 0 Å². The molecule has 3 amide bonds. The Bertz CT molecular complexity index is 772. The topological polar surface area (TPSA) is 75.4 Å². The van der Waals surface area contributed by atoms with Gasteiger partial charge in [0.05, 0.1) is 0 Å². The number of primary amides is 1. The minimum Gasteiger partial charge on any atom is -0.352 e. The van der Waals surface area contributed by atoms with E-state index in [1.54, 1.807) is 35.2 Å². The summed E-state index contributed by atoms with van der Waals surface area (Å²) in [6.45, 7) is 0.714. The minimum absolute atomic E-state index is 0.0684. The highest BCUT2D eigenvalue weighted by Crippen LogP contribution is 2.30. The zero-order valence-electron chi connectivity index (χ0n) is 13.7. The monoisotopic (exact) mass is 341 g/mol. The van der Waals surface area contributed by atoms with Crippen LogP contribution in [-0.2, 0) is 13.1 Å². The van der Waals surface area contributed by atoms with Gasteiger partial charge in [0.25, 0.3) is 5.91 Å². The number of carbonyl (C=O) groups excluding carboxylic acids is 2. The Hall–Kier alpha value is -2.89. The van der Waals surface area contributed by atoms with E-state index in [-0.39, 0.29) is 17.8 Å². The molecule has 6 heteroatoms. The molecule has 2 aromatic rings. The molecule has 0 bridgehead atoms. The van der Waals surface area contributed by atoms with Crippen LogP contribution >= 0.6 is 0 Å². The van der Waals surface area contributed by atoms with Crippen LogP contribution in [0.2, 0.25) is 0 Å². The predicted octanol–water partition coefficient (Wildman–Crippen LogP) is 2.80. The molecule has 3 N–H and O–H groups in total. The number of nitrogens with zero attached hydrogens (tertiary/aromatic N) is 1. The van der Waals surface area contributed by atoms with Crippen LogP contribution in [0.3, 0.4) is 0 Å². The van der Waals surface area contributed by atoms with Crippen LogP contribution in [0.4, 0.5) is 9.18 Å². The summed E-state index contributed by atoms with van der Waals surface area (Å²) in [6.07, 6.45) is 1.95. The van der Waals surface area contributed by atoms with Crippen LogP contribution in [-0.4, -0.2) is 22.9 Å². The Morgan fingerprint density at radius 3 is 2.44 bits per heavy atom. The van der Waals surface area contributed by atoms with Crippen molar-refractivity contribution in [1.82, 2.24) is 10.2 Å². The van der Waals surface area contributed by atoms with Gasteiger partial charge in [0, 0.05) is 24.7 Å². The van der Waals surface area contributed by atoms with Crippen molar-refractivity contribution in [2.24, 2.45) is 5.73 Å². The maximum atomic E-state index is 13.4. The summed E-state index contributed by atoms with van der Waals surface area (Å²) in [5.74, 6) is -0.367. The molecule has 130 valence electrons. The second-order valence-corrected chi connectivity index (χ2v) is 6.21. The quantitative estimate of drug-likeness (QED) is 0.848. The molecule has 1 fully saturated rings. The van der Waals surface area contributed by atoms with Gasteiger partial charge in [-0.15, -0.1) is 0 Å². The molecular formula is C19H20FN3O2. The highest BCUT2D eigenvalue weighted by atomic mass is 19.1. The molecule has 0 unspecified atom stereocenters. The van der Waals surface area contributed by atoms with Crippen LogP contribution in [0, 0.1) is 5.82 Å². The highest BCUT2D eigenvalue weighted by Gasteiger charge is 2.33. The van der Waals surface area contributed by atoms with Crippen molar-refractivity contribution in [2.75, 3.05) is 0 Å². The third-order valence-electron chi connectivity index (χ3n) is 4.16. The van der Waals surface area contributed by atoms with E-state index in [0.717, 1.165) is 24.0 Å². The van der Waals surface area contributed by atoms with E-state index in [9.17, 15) is 14.0 Å². The fourth-order valence-corrected chi connectivity index (χ4v) is 2.71. The van der Waals surface area contributed by atoms with Crippen molar-refractivity contribution >= 4 is 11.9 Å². The van der Waals surface area contributed by atoms with Crippen LogP contribution in [0.1, 0.15) is 34.3 Å². The number of nitrogens with one attached hydrogen (secondary N) is 1. The van der Waals surface area contributed by atoms with Crippen molar-refractivity contribution in [1.29, 1.82) is 0 Å². The normalized spacial score (nSPS) is 13.3. The van der Waals surface area contributed by atoms with E-state index in [1.165, 1.54) is 12.1 Å². The molecular weight excluding hydrogens is 321 g/mol. The fourth-order valence-electron chi connectivity index (χ4n) is 2.71. The number of halogens is 1. The van der Waals surface area contributed by atoms with Gasteiger partial charge in [-0.05, 0) is 48.2 Å². The van der Waals surface area contributed by atoms with E-state index < -0.39 is 6.03 Å². The minimum atomic E-state index is -0.588. The second-order valence-electron chi connectivity index (χ2n) is 6.21. The van der Waals surface area contributed by atoms with E-state index in [2.05, 4.69) is 5.32 Å². The molecule has 0 heterocycles. The first kappa shape index (κ1) is 17.0. The van der Waals surface area contributed by atoms with Crippen molar-refractivity contribution < 1.29 is 14.0 Å². The lowest BCUT2D eigenvalue weighted by molar-refractivity contribution is 0.0729. The summed E-state index contributed by atoms with van der Waals surface area (Å²) in [6, 6.07) is 13.0. The lowest BCUT2D eigenvalue weighted by Gasteiger charge is -2.23. The first-order valence-electron chi connectivity index (χ1n) is 8.20. The summed E-state index contributed by atoms with van der Waals surface area (Å²) in [5.41, 5.74) is 7.26. The van der Waals surface area contributed by atoms with Gasteiger partial charge >= 0.3 is 6.03 Å². The second kappa shape index (κ2) is 7.34. The summed E-state index contributed by atoms with van der Waals surface area (Å²) in [7, 11) is 0. The zero-order valence-corrected chi connectivity index (χ0v) is 13.7. The first-order valence-corrected chi connectivity index (χ1v) is 8.20. The van der Waals surface area contributed by atoms with Crippen LogP contribution in [0.15, 0.2) is 48.5 Å².